The zero-order valence-corrected chi connectivity index (χ0v) is 12.1. The van der Waals surface area contributed by atoms with Crippen molar-refractivity contribution in [3.05, 3.63) is 21.6 Å². The first-order valence-electron chi connectivity index (χ1n) is 6.17. The lowest BCUT2D eigenvalue weighted by Crippen LogP contribution is -2.31. The molecule has 0 aromatic carbocycles. The van der Waals surface area contributed by atoms with E-state index < -0.39 is 4.92 Å². The second-order valence-electron chi connectivity index (χ2n) is 3.86. The van der Waals surface area contributed by atoms with E-state index in [1.807, 2.05) is 13.8 Å². The summed E-state index contributed by atoms with van der Waals surface area (Å²) in [6.45, 7) is 5.29. The molecule has 0 aliphatic carbocycles. The van der Waals surface area contributed by atoms with Crippen LogP contribution in [0.25, 0.3) is 0 Å². The van der Waals surface area contributed by atoms with Gasteiger partial charge in [-0.2, -0.15) is 0 Å². The number of nitrogens with one attached hydrogen (secondary N) is 1. The predicted molar refractivity (Wildman–Crippen MR) is 74.7 cm³/mol. The minimum atomic E-state index is -0.656. The Morgan fingerprint density at radius 1 is 1.45 bits per heavy atom. The van der Waals surface area contributed by atoms with Gasteiger partial charge in [0.25, 0.3) is 0 Å². The molecule has 0 unspecified atom stereocenters. The van der Waals surface area contributed by atoms with Gasteiger partial charge in [0.05, 0.1) is 4.92 Å². The molecule has 0 saturated carbocycles. The lowest BCUT2D eigenvalue weighted by Gasteiger charge is -2.18. The summed E-state index contributed by atoms with van der Waals surface area (Å²) in [5.74, 6) is -0.00680. The molecule has 0 aliphatic rings. The average molecular weight is 302 g/mol. The van der Waals surface area contributed by atoms with Crippen molar-refractivity contribution in [3.8, 4) is 0 Å². The van der Waals surface area contributed by atoms with Crippen LogP contribution in [-0.2, 0) is 4.79 Å². The number of aromatic nitrogens is 2. The predicted octanol–water partition coefficient (Wildman–Crippen LogP) is 1.71. The fourth-order valence-electron chi connectivity index (χ4n) is 1.67. The van der Waals surface area contributed by atoms with E-state index in [0.29, 0.717) is 13.1 Å². The molecular formula is C11H16ClN5O3. The fraction of sp³-hybridized carbons (Fsp3) is 0.545. The Kier molecular flexibility index (Phi) is 6.10. The molecule has 1 aromatic rings. The molecule has 0 aliphatic heterocycles. The number of amides is 1. The molecule has 0 fully saturated rings. The molecule has 8 nitrogen and oxygen atoms in total. The number of carbonyl (C=O) groups is 1. The maximum Gasteiger partial charge on any atom is 0.348 e. The number of carbonyl (C=O) groups excluding carboxylic acids is 1. The van der Waals surface area contributed by atoms with Gasteiger partial charge in [0, 0.05) is 26.1 Å². The average Bonchev–Trinajstić information content (AvgIpc) is 2.39. The first-order valence-corrected chi connectivity index (χ1v) is 6.55. The summed E-state index contributed by atoms with van der Waals surface area (Å²) >= 11 is 5.65. The van der Waals surface area contributed by atoms with Crippen molar-refractivity contribution in [3.63, 3.8) is 0 Å². The molecular weight excluding hydrogens is 286 g/mol. The number of anilines is 1. The molecule has 1 heterocycles. The molecule has 1 N–H and O–H groups in total. The van der Waals surface area contributed by atoms with Crippen molar-refractivity contribution in [1.29, 1.82) is 0 Å². The van der Waals surface area contributed by atoms with Crippen molar-refractivity contribution in [2.75, 3.05) is 25.0 Å². The summed E-state index contributed by atoms with van der Waals surface area (Å²) in [7, 11) is 0. The van der Waals surface area contributed by atoms with Crippen LogP contribution >= 0.6 is 11.6 Å². The van der Waals surface area contributed by atoms with E-state index >= 15 is 0 Å². The maximum absolute atomic E-state index is 11.8. The molecule has 20 heavy (non-hydrogen) atoms. The van der Waals surface area contributed by atoms with Crippen LogP contribution in [0.1, 0.15) is 20.3 Å². The SMILES string of the molecule is CCN(CC)C(=O)CCNc1ncnc(Cl)c1[N+](=O)[O-]. The van der Waals surface area contributed by atoms with Crippen LogP contribution in [0.15, 0.2) is 6.33 Å². The Morgan fingerprint density at radius 3 is 2.65 bits per heavy atom. The van der Waals surface area contributed by atoms with Crippen molar-refractivity contribution in [2.24, 2.45) is 0 Å². The maximum atomic E-state index is 11.8. The van der Waals surface area contributed by atoms with E-state index in [9.17, 15) is 14.9 Å². The van der Waals surface area contributed by atoms with Gasteiger partial charge in [-0.15, -0.1) is 0 Å². The third-order valence-corrected chi connectivity index (χ3v) is 2.98. The van der Waals surface area contributed by atoms with Crippen LogP contribution in [0.2, 0.25) is 5.15 Å². The second-order valence-corrected chi connectivity index (χ2v) is 4.22. The first-order chi connectivity index (χ1) is 9.51. The summed E-state index contributed by atoms with van der Waals surface area (Å²) in [6, 6.07) is 0. The van der Waals surface area contributed by atoms with Gasteiger partial charge in [0.1, 0.15) is 6.33 Å². The highest BCUT2D eigenvalue weighted by Gasteiger charge is 2.21. The highest BCUT2D eigenvalue weighted by Crippen LogP contribution is 2.27. The molecule has 1 aromatic heterocycles. The molecule has 1 rings (SSSR count). The van der Waals surface area contributed by atoms with Gasteiger partial charge in [-0.3, -0.25) is 14.9 Å². The van der Waals surface area contributed by atoms with Crippen LogP contribution in [0.5, 0.6) is 0 Å². The summed E-state index contributed by atoms with van der Waals surface area (Å²) in [6.07, 6.45) is 1.35. The van der Waals surface area contributed by atoms with E-state index in [4.69, 9.17) is 11.6 Å². The highest BCUT2D eigenvalue weighted by atomic mass is 35.5. The Bertz CT molecular complexity index is 493. The van der Waals surface area contributed by atoms with E-state index in [0.717, 1.165) is 6.33 Å². The standard InChI is InChI=1S/C11H16ClN5O3/c1-3-16(4-2)8(18)5-6-13-11-9(17(19)20)10(12)14-7-15-11/h7H,3-6H2,1-2H3,(H,13,14,15). The summed E-state index contributed by atoms with van der Waals surface area (Å²) in [5, 5.41) is 13.4. The molecule has 9 heteroatoms. The molecule has 0 radical (unpaired) electrons. The van der Waals surface area contributed by atoms with Gasteiger partial charge in [-0.25, -0.2) is 9.97 Å². The van der Waals surface area contributed by atoms with E-state index in [1.54, 1.807) is 4.90 Å². The Morgan fingerprint density at radius 2 is 2.10 bits per heavy atom. The molecule has 0 saturated heterocycles. The number of hydrogen-bond acceptors (Lipinski definition) is 6. The number of nitrogens with zero attached hydrogens (tertiary/aromatic N) is 4. The first kappa shape index (κ1) is 16.1. The third-order valence-electron chi connectivity index (χ3n) is 2.71. The lowest BCUT2D eigenvalue weighted by atomic mass is 10.3. The van der Waals surface area contributed by atoms with E-state index in [1.165, 1.54) is 0 Å². The molecule has 110 valence electrons. The third kappa shape index (κ3) is 4.02. The van der Waals surface area contributed by atoms with Crippen molar-refractivity contribution in [2.45, 2.75) is 20.3 Å². The number of halogens is 1. The quantitative estimate of drug-likeness (QED) is 0.467. The van der Waals surface area contributed by atoms with Crippen LogP contribution in [0, 0.1) is 10.1 Å². The van der Waals surface area contributed by atoms with E-state index in [-0.39, 0.29) is 35.5 Å². The lowest BCUT2D eigenvalue weighted by molar-refractivity contribution is -0.384. The normalized spacial score (nSPS) is 10.2. The van der Waals surface area contributed by atoms with Crippen LogP contribution < -0.4 is 5.32 Å². The van der Waals surface area contributed by atoms with Crippen molar-refractivity contribution in [1.82, 2.24) is 14.9 Å². The molecule has 0 atom stereocenters. The number of nitro groups is 1. The highest BCUT2D eigenvalue weighted by molar-refractivity contribution is 6.31. The second kappa shape index (κ2) is 7.59. The smallest absolute Gasteiger partial charge is 0.348 e. The Hall–Kier alpha value is -1.96. The topological polar surface area (TPSA) is 101 Å². The monoisotopic (exact) mass is 301 g/mol. The Balaban J connectivity index is 2.65. The zero-order valence-electron chi connectivity index (χ0n) is 11.3. The van der Waals surface area contributed by atoms with Gasteiger partial charge >= 0.3 is 5.69 Å². The summed E-state index contributed by atoms with van der Waals surface area (Å²) in [5.41, 5.74) is -0.385. The van der Waals surface area contributed by atoms with Crippen LogP contribution in [-0.4, -0.2) is 45.3 Å². The van der Waals surface area contributed by atoms with E-state index in [2.05, 4.69) is 15.3 Å². The Labute approximate surface area is 121 Å². The van der Waals surface area contributed by atoms with Crippen LogP contribution in [0.4, 0.5) is 11.5 Å². The largest absolute Gasteiger partial charge is 0.364 e. The molecule has 0 spiro atoms. The minimum Gasteiger partial charge on any atom is -0.364 e. The van der Waals surface area contributed by atoms with Crippen molar-refractivity contribution >= 4 is 29.0 Å². The molecule has 0 bridgehead atoms. The summed E-state index contributed by atoms with van der Waals surface area (Å²) < 4.78 is 0. The zero-order chi connectivity index (χ0) is 15.1. The van der Waals surface area contributed by atoms with Crippen molar-refractivity contribution < 1.29 is 9.72 Å². The molecule has 1 amide bonds. The minimum absolute atomic E-state index is 0.0161. The van der Waals surface area contributed by atoms with Crippen LogP contribution in [0.3, 0.4) is 0 Å². The van der Waals surface area contributed by atoms with Gasteiger partial charge in [0.2, 0.25) is 16.9 Å². The fourth-order valence-corrected chi connectivity index (χ4v) is 1.87. The number of rotatable bonds is 7. The van der Waals surface area contributed by atoms with Gasteiger partial charge < -0.3 is 10.2 Å². The van der Waals surface area contributed by atoms with Gasteiger partial charge in [-0.05, 0) is 13.8 Å². The van der Waals surface area contributed by atoms with Gasteiger partial charge in [-0.1, -0.05) is 11.6 Å². The summed E-state index contributed by atoms with van der Waals surface area (Å²) in [4.78, 5) is 31.0. The number of hydrogen-bond donors (Lipinski definition) is 1. The van der Waals surface area contributed by atoms with Gasteiger partial charge in [0.15, 0.2) is 0 Å².